The molecule has 2 atom stereocenters. The Labute approximate surface area is 177 Å². The molecule has 3 aromatic rings. The number of halogens is 5. The Balaban J connectivity index is 1.56. The molecule has 32 heavy (non-hydrogen) atoms. The highest BCUT2D eigenvalue weighted by molar-refractivity contribution is 6.08. The van der Waals surface area contributed by atoms with Crippen LogP contribution in [0.3, 0.4) is 0 Å². The van der Waals surface area contributed by atoms with Crippen molar-refractivity contribution in [3.8, 4) is 0 Å². The summed E-state index contributed by atoms with van der Waals surface area (Å²) >= 11 is 0. The number of aliphatic hydroxyl groups is 1. The first-order valence-electron chi connectivity index (χ1n) is 9.52. The molecule has 14 heteroatoms. The Morgan fingerprint density at radius 1 is 1.34 bits per heavy atom. The van der Waals surface area contributed by atoms with Crippen LogP contribution in [0.25, 0.3) is 5.65 Å². The van der Waals surface area contributed by atoms with Gasteiger partial charge in [0.1, 0.15) is 11.4 Å². The fraction of sp³-hybridized carbons (Fsp3) is 0.444. The van der Waals surface area contributed by atoms with Crippen LogP contribution in [-0.4, -0.2) is 53.5 Å². The van der Waals surface area contributed by atoms with Gasteiger partial charge in [0, 0.05) is 32.3 Å². The van der Waals surface area contributed by atoms with Crippen molar-refractivity contribution in [3.63, 3.8) is 0 Å². The maximum atomic E-state index is 13.4. The predicted molar refractivity (Wildman–Crippen MR) is 101 cm³/mol. The van der Waals surface area contributed by atoms with Crippen molar-refractivity contribution in [2.45, 2.75) is 43.5 Å². The van der Waals surface area contributed by atoms with E-state index in [2.05, 4.69) is 25.8 Å². The maximum absolute atomic E-state index is 13.4. The number of nitrogens with zero attached hydrogens (tertiary/aromatic N) is 5. The molecule has 3 N–H and O–H groups in total. The summed E-state index contributed by atoms with van der Waals surface area (Å²) in [6.07, 6.45) is -3.52. The number of nitrogens with one attached hydrogen (secondary N) is 2. The average molecular weight is 459 g/mol. The number of hydrogen-bond acceptors (Lipinski definition) is 6. The average Bonchev–Trinajstić information content (AvgIpc) is 3.26. The zero-order valence-corrected chi connectivity index (χ0v) is 16.6. The Bertz CT molecular complexity index is 1160. The third-order valence-electron chi connectivity index (χ3n) is 5.09. The van der Waals surface area contributed by atoms with Crippen LogP contribution in [0, 0.1) is 0 Å². The van der Waals surface area contributed by atoms with Gasteiger partial charge < -0.3 is 15.7 Å². The third-order valence-corrected chi connectivity index (χ3v) is 5.09. The number of anilines is 2. The fourth-order valence-electron chi connectivity index (χ4n) is 3.56. The molecule has 0 aromatic carbocycles. The molecular formula is C18H18F5N7O2. The van der Waals surface area contributed by atoms with Crippen LogP contribution in [0.2, 0.25) is 0 Å². The van der Waals surface area contributed by atoms with E-state index in [-0.39, 0.29) is 23.4 Å². The molecule has 172 valence electrons. The lowest BCUT2D eigenvalue weighted by atomic mass is 9.89. The molecule has 4 rings (SSSR count). The van der Waals surface area contributed by atoms with Gasteiger partial charge in [0.25, 0.3) is 11.8 Å². The second-order valence-corrected chi connectivity index (χ2v) is 7.57. The normalized spacial score (nSPS) is 21.0. The van der Waals surface area contributed by atoms with E-state index >= 15 is 0 Å². The van der Waals surface area contributed by atoms with E-state index in [1.165, 1.54) is 23.8 Å². The van der Waals surface area contributed by atoms with Gasteiger partial charge in [-0.2, -0.15) is 23.4 Å². The van der Waals surface area contributed by atoms with Crippen molar-refractivity contribution in [2.24, 2.45) is 7.05 Å². The minimum absolute atomic E-state index is 0.00879. The maximum Gasteiger partial charge on any atom is 0.437 e. The molecule has 9 nitrogen and oxygen atoms in total. The summed E-state index contributed by atoms with van der Waals surface area (Å²) in [5.41, 5.74) is -1.85. The van der Waals surface area contributed by atoms with Gasteiger partial charge in [-0.25, -0.2) is 18.3 Å². The molecule has 0 radical (unpaired) electrons. The van der Waals surface area contributed by atoms with Crippen LogP contribution in [0.15, 0.2) is 24.7 Å². The molecule has 3 heterocycles. The number of rotatable bonds is 4. The zero-order chi connectivity index (χ0) is 23.3. The standard InChI is InChI=1S/C18H18F5N7O2/c1-29-8-11(14(28-29)18(21,22)23)26-16(32)9-7-24-30-5-3-13(27-15(9)30)25-10-2-4-17(19,20)6-12(10)31/h3,5,7-8,10,12,31H,2,4,6H2,1H3,(H,25,27)(H,26,32)/t10-,12+/m1/s1. The van der Waals surface area contributed by atoms with Crippen LogP contribution in [0.4, 0.5) is 33.5 Å². The molecular weight excluding hydrogens is 441 g/mol. The van der Waals surface area contributed by atoms with E-state index in [1.807, 2.05) is 0 Å². The van der Waals surface area contributed by atoms with Crippen molar-refractivity contribution < 1.29 is 31.9 Å². The number of aryl methyl sites for hydroxylation is 1. The quantitative estimate of drug-likeness (QED) is 0.518. The van der Waals surface area contributed by atoms with Crippen LogP contribution in [0.5, 0.6) is 0 Å². The number of carbonyl (C=O) groups excluding carboxylic acids is 1. The van der Waals surface area contributed by atoms with Crippen molar-refractivity contribution in [3.05, 3.63) is 35.9 Å². The van der Waals surface area contributed by atoms with E-state index in [4.69, 9.17) is 0 Å². The van der Waals surface area contributed by atoms with Crippen molar-refractivity contribution in [1.82, 2.24) is 24.4 Å². The SMILES string of the molecule is Cn1cc(NC(=O)c2cnn3ccc(N[C@@H]4CCC(F)(F)C[C@@H]4O)nc23)c(C(F)(F)F)n1. The van der Waals surface area contributed by atoms with Crippen LogP contribution in [0.1, 0.15) is 35.3 Å². The van der Waals surface area contributed by atoms with Crippen LogP contribution in [-0.2, 0) is 13.2 Å². The van der Waals surface area contributed by atoms with Crippen LogP contribution < -0.4 is 10.6 Å². The molecule has 0 saturated heterocycles. The molecule has 0 unspecified atom stereocenters. The first kappa shape index (κ1) is 21.9. The highest BCUT2D eigenvalue weighted by Gasteiger charge is 2.41. The van der Waals surface area contributed by atoms with E-state index in [9.17, 15) is 31.9 Å². The summed E-state index contributed by atoms with van der Waals surface area (Å²) in [6, 6.07) is 0.804. The number of aliphatic hydroxyl groups excluding tert-OH is 1. The van der Waals surface area contributed by atoms with Gasteiger partial charge in [0.2, 0.25) is 0 Å². The summed E-state index contributed by atoms with van der Waals surface area (Å²) in [5.74, 6) is -3.63. The summed E-state index contributed by atoms with van der Waals surface area (Å²) in [4.78, 5) is 16.9. The molecule has 0 spiro atoms. The van der Waals surface area contributed by atoms with Gasteiger partial charge in [0.05, 0.1) is 24.0 Å². The minimum atomic E-state index is -4.77. The number of aromatic nitrogens is 5. The zero-order valence-electron chi connectivity index (χ0n) is 16.6. The van der Waals surface area contributed by atoms with E-state index in [0.717, 1.165) is 17.1 Å². The molecule has 3 aromatic heterocycles. The Morgan fingerprint density at radius 2 is 2.09 bits per heavy atom. The summed E-state index contributed by atoms with van der Waals surface area (Å²) in [7, 11) is 1.29. The van der Waals surface area contributed by atoms with Gasteiger partial charge in [0.15, 0.2) is 11.3 Å². The lowest BCUT2D eigenvalue weighted by Crippen LogP contribution is -2.43. The molecule has 0 bridgehead atoms. The summed E-state index contributed by atoms with van der Waals surface area (Å²) in [5, 5.41) is 22.3. The lowest BCUT2D eigenvalue weighted by molar-refractivity contribution is -0.140. The first-order chi connectivity index (χ1) is 14.9. The minimum Gasteiger partial charge on any atom is -0.391 e. The molecule has 0 aliphatic heterocycles. The Morgan fingerprint density at radius 3 is 2.78 bits per heavy atom. The highest BCUT2D eigenvalue weighted by Crippen LogP contribution is 2.35. The topological polar surface area (TPSA) is 109 Å². The smallest absolute Gasteiger partial charge is 0.391 e. The summed E-state index contributed by atoms with van der Waals surface area (Å²) in [6.45, 7) is 0. The van der Waals surface area contributed by atoms with Gasteiger partial charge in [-0.1, -0.05) is 0 Å². The molecule has 1 amide bonds. The van der Waals surface area contributed by atoms with Gasteiger partial charge in [-0.05, 0) is 12.5 Å². The second kappa shape index (κ2) is 7.69. The van der Waals surface area contributed by atoms with Crippen molar-refractivity contribution in [2.75, 3.05) is 10.6 Å². The van der Waals surface area contributed by atoms with E-state index < -0.39 is 54.4 Å². The molecule has 1 aliphatic carbocycles. The van der Waals surface area contributed by atoms with Gasteiger partial charge in [-0.3, -0.25) is 9.48 Å². The number of fused-ring (bicyclic) bond motifs is 1. The largest absolute Gasteiger partial charge is 0.437 e. The molecule has 1 saturated carbocycles. The van der Waals surface area contributed by atoms with Gasteiger partial charge >= 0.3 is 6.18 Å². The Hall–Kier alpha value is -3.29. The van der Waals surface area contributed by atoms with Crippen molar-refractivity contribution >= 4 is 23.1 Å². The van der Waals surface area contributed by atoms with Crippen LogP contribution >= 0.6 is 0 Å². The fourth-order valence-corrected chi connectivity index (χ4v) is 3.56. The highest BCUT2D eigenvalue weighted by atomic mass is 19.4. The predicted octanol–water partition coefficient (Wildman–Crippen LogP) is 2.69. The third kappa shape index (κ3) is 4.35. The number of hydrogen-bond donors (Lipinski definition) is 3. The van der Waals surface area contributed by atoms with E-state index in [1.54, 1.807) is 0 Å². The monoisotopic (exact) mass is 459 g/mol. The van der Waals surface area contributed by atoms with Gasteiger partial charge in [-0.15, -0.1) is 0 Å². The Kier molecular flexibility index (Phi) is 5.27. The number of alkyl halides is 5. The van der Waals surface area contributed by atoms with Crippen molar-refractivity contribution in [1.29, 1.82) is 0 Å². The van der Waals surface area contributed by atoms with E-state index in [0.29, 0.717) is 0 Å². The number of carbonyl (C=O) groups is 1. The number of amides is 1. The lowest BCUT2D eigenvalue weighted by Gasteiger charge is -2.33. The second-order valence-electron chi connectivity index (χ2n) is 7.57. The molecule has 1 fully saturated rings. The first-order valence-corrected chi connectivity index (χ1v) is 9.52. The summed E-state index contributed by atoms with van der Waals surface area (Å²) < 4.78 is 68.4. The molecule has 1 aliphatic rings.